The lowest BCUT2D eigenvalue weighted by Crippen LogP contribution is -2.56. The summed E-state index contributed by atoms with van der Waals surface area (Å²) in [6, 6.07) is 1.91. The van der Waals surface area contributed by atoms with Gasteiger partial charge in [-0.05, 0) is 24.5 Å². The van der Waals surface area contributed by atoms with Crippen LogP contribution in [0.5, 0.6) is 0 Å². The smallest absolute Gasteiger partial charge is 0.227 e. The summed E-state index contributed by atoms with van der Waals surface area (Å²) >= 11 is 1.35. The molecule has 2 heterocycles. The number of nitrogens with zero attached hydrogens (tertiary/aromatic N) is 2. The number of hydrogen-bond donors (Lipinski definition) is 1. The second-order valence-electron chi connectivity index (χ2n) is 4.44. The summed E-state index contributed by atoms with van der Waals surface area (Å²) in [5.41, 5.74) is 0.932. The van der Waals surface area contributed by atoms with Crippen LogP contribution in [0.25, 0.3) is 0 Å². The summed E-state index contributed by atoms with van der Waals surface area (Å²) < 4.78 is 23.0. The molecule has 0 aromatic carbocycles. The van der Waals surface area contributed by atoms with E-state index in [1.165, 1.54) is 17.8 Å². The van der Waals surface area contributed by atoms with E-state index in [0.29, 0.717) is 19.5 Å². The molecule has 0 saturated carbocycles. The average Bonchev–Trinajstić information content (AvgIpc) is 2.45. The van der Waals surface area contributed by atoms with Gasteiger partial charge in [0.25, 0.3) is 0 Å². The standard InChI is InChI=1S/C10H15N3O2S2/c1-7-3-8(16-12-7)4-10(14)13-5-9(6-13)17(2,11)15/h3,9,11H,4-6H2,1-2H3. The monoisotopic (exact) mass is 273 g/mol. The zero-order valence-electron chi connectivity index (χ0n) is 9.80. The maximum Gasteiger partial charge on any atom is 0.227 e. The van der Waals surface area contributed by atoms with Crippen molar-refractivity contribution in [1.29, 1.82) is 4.78 Å². The van der Waals surface area contributed by atoms with E-state index in [2.05, 4.69) is 4.37 Å². The Kier molecular flexibility index (Phi) is 3.22. The molecule has 1 amide bonds. The van der Waals surface area contributed by atoms with Gasteiger partial charge in [-0.15, -0.1) is 0 Å². The first-order chi connectivity index (χ1) is 7.86. The summed E-state index contributed by atoms with van der Waals surface area (Å²) in [4.78, 5) is 14.4. The van der Waals surface area contributed by atoms with Crippen LogP contribution in [-0.2, 0) is 20.9 Å². The van der Waals surface area contributed by atoms with Crippen molar-refractivity contribution in [1.82, 2.24) is 9.27 Å². The van der Waals surface area contributed by atoms with Gasteiger partial charge >= 0.3 is 0 Å². The Morgan fingerprint density at radius 1 is 1.71 bits per heavy atom. The van der Waals surface area contributed by atoms with Gasteiger partial charge in [0.1, 0.15) is 0 Å². The Morgan fingerprint density at radius 3 is 2.82 bits per heavy atom. The fourth-order valence-corrected chi connectivity index (χ4v) is 3.34. The molecule has 1 aliphatic heterocycles. The topological polar surface area (TPSA) is 74.1 Å². The zero-order valence-corrected chi connectivity index (χ0v) is 11.4. The summed E-state index contributed by atoms with van der Waals surface area (Å²) in [7, 11) is -2.50. The van der Waals surface area contributed by atoms with Crippen molar-refractivity contribution in [2.75, 3.05) is 19.3 Å². The normalized spacial score (nSPS) is 19.8. The third-order valence-electron chi connectivity index (χ3n) is 2.84. The van der Waals surface area contributed by atoms with Gasteiger partial charge in [0.2, 0.25) is 5.91 Å². The molecule has 1 fully saturated rings. The Hall–Kier alpha value is -0.950. The lowest BCUT2D eigenvalue weighted by atomic mass is 10.2. The van der Waals surface area contributed by atoms with E-state index >= 15 is 0 Å². The Balaban J connectivity index is 1.88. The minimum absolute atomic E-state index is 0.0357. The fraction of sp³-hybridized carbons (Fsp3) is 0.600. The third kappa shape index (κ3) is 2.84. The van der Waals surface area contributed by atoms with Gasteiger partial charge in [0, 0.05) is 34.0 Å². The largest absolute Gasteiger partial charge is 0.340 e. The number of carbonyl (C=O) groups excluding carboxylic acids is 1. The molecule has 0 bridgehead atoms. The molecule has 17 heavy (non-hydrogen) atoms. The van der Waals surface area contributed by atoms with Gasteiger partial charge in [0.05, 0.1) is 17.4 Å². The Labute approximate surface area is 105 Å². The van der Waals surface area contributed by atoms with Gasteiger partial charge in [-0.1, -0.05) is 0 Å². The van der Waals surface area contributed by atoms with E-state index in [9.17, 15) is 9.00 Å². The maximum absolute atomic E-state index is 11.8. The molecular weight excluding hydrogens is 258 g/mol. The van der Waals surface area contributed by atoms with Crippen molar-refractivity contribution in [2.45, 2.75) is 18.6 Å². The van der Waals surface area contributed by atoms with Gasteiger partial charge in [-0.25, -0.2) is 4.21 Å². The third-order valence-corrected chi connectivity index (χ3v) is 5.29. The molecule has 1 saturated heterocycles. The highest BCUT2D eigenvalue weighted by Gasteiger charge is 2.35. The average molecular weight is 273 g/mol. The molecular formula is C10H15N3O2S2. The predicted octanol–water partition coefficient (Wildman–Crippen LogP) is 0.881. The van der Waals surface area contributed by atoms with Crippen LogP contribution in [0.2, 0.25) is 0 Å². The molecule has 1 atom stereocenters. The summed E-state index contributed by atoms with van der Waals surface area (Å²) in [5, 5.41) is -0.158. The van der Waals surface area contributed by atoms with E-state index in [1.54, 1.807) is 4.90 Å². The number of hydrogen-bond acceptors (Lipinski definition) is 5. The first kappa shape index (κ1) is 12.5. The van der Waals surface area contributed by atoms with Crippen LogP contribution in [0.1, 0.15) is 10.6 Å². The molecule has 0 aliphatic carbocycles. The minimum atomic E-state index is -2.50. The van der Waals surface area contributed by atoms with Crippen LogP contribution in [-0.4, -0.2) is 44.0 Å². The number of aryl methyl sites for hydroxylation is 1. The summed E-state index contributed by atoms with van der Waals surface area (Å²) in [5.74, 6) is 0.0357. The highest BCUT2D eigenvalue weighted by molar-refractivity contribution is 7.92. The number of aromatic nitrogens is 1. The molecule has 1 aliphatic rings. The van der Waals surface area contributed by atoms with E-state index in [1.807, 2.05) is 13.0 Å². The molecule has 0 spiro atoms. The lowest BCUT2D eigenvalue weighted by Gasteiger charge is -2.39. The molecule has 0 radical (unpaired) electrons. The van der Waals surface area contributed by atoms with Crippen molar-refractivity contribution >= 4 is 27.2 Å². The first-order valence-corrected chi connectivity index (χ1v) is 8.09. The van der Waals surface area contributed by atoms with Gasteiger partial charge in [-0.3, -0.25) is 9.57 Å². The van der Waals surface area contributed by atoms with E-state index in [0.717, 1.165) is 10.6 Å². The highest BCUT2D eigenvalue weighted by Crippen LogP contribution is 2.18. The van der Waals surface area contributed by atoms with Crippen LogP contribution in [0.3, 0.4) is 0 Å². The number of amides is 1. The second kappa shape index (κ2) is 4.38. The van der Waals surface area contributed by atoms with Gasteiger partial charge in [-0.2, -0.15) is 4.37 Å². The number of carbonyl (C=O) groups is 1. The van der Waals surface area contributed by atoms with Crippen LogP contribution in [0, 0.1) is 11.7 Å². The van der Waals surface area contributed by atoms with Crippen LogP contribution in [0.4, 0.5) is 0 Å². The minimum Gasteiger partial charge on any atom is -0.340 e. The Morgan fingerprint density at radius 2 is 2.35 bits per heavy atom. The molecule has 94 valence electrons. The molecule has 1 aromatic heterocycles. The summed E-state index contributed by atoms with van der Waals surface area (Å²) in [6.45, 7) is 2.81. The zero-order chi connectivity index (χ0) is 12.6. The van der Waals surface area contributed by atoms with Crippen molar-refractivity contribution in [3.05, 3.63) is 16.6 Å². The number of rotatable bonds is 3. The number of likely N-dealkylation sites (tertiary alicyclic amines) is 1. The van der Waals surface area contributed by atoms with Gasteiger partial charge < -0.3 is 4.90 Å². The van der Waals surface area contributed by atoms with Crippen molar-refractivity contribution in [2.24, 2.45) is 0 Å². The molecule has 1 unspecified atom stereocenters. The first-order valence-electron chi connectivity index (χ1n) is 5.29. The fourth-order valence-electron chi connectivity index (χ4n) is 1.69. The summed E-state index contributed by atoms with van der Waals surface area (Å²) in [6.07, 6.45) is 1.80. The quantitative estimate of drug-likeness (QED) is 0.888. The van der Waals surface area contributed by atoms with Crippen molar-refractivity contribution in [3.63, 3.8) is 0 Å². The van der Waals surface area contributed by atoms with Crippen molar-refractivity contribution in [3.8, 4) is 0 Å². The molecule has 5 nitrogen and oxygen atoms in total. The molecule has 7 heteroatoms. The lowest BCUT2D eigenvalue weighted by molar-refractivity contribution is -0.133. The predicted molar refractivity (Wildman–Crippen MR) is 67.7 cm³/mol. The Bertz CT molecular complexity index is 530. The second-order valence-corrected chi connectivity index (χ2v) is 7.80. The maximum atomic E-state index is 11.8. The highest BCUT2D eigenvalue weighted by atomic mass is 32.2. The molecule has 1 aromatic rings. The van der Waals surface area contributed by atoms with E-state index < -0.39 is 9.73 Å². The van der Waals surface area contributed by atoms with E-state index in [4.69, 9.17) is 4.78 Å². The van der Waals surface area contributed by atoms with Crippen LogP contribution >= 0.6 is 11.5 Å². The van der Waals surface area contributed by atoms with Crippen LogP contribution in [0.15, 0.2) is 6.07 Å². The van der Waals surface area contributed by atoms with Crippen LogP contribution < -0.4 is 0 Å². The van der Waals surface area contributed by atoms with Crippen molar-refractivity contribution < 1.29 is 9.00 Å². The SMILES string of the molecule is Cc1cc(CC(=O)N2CC(S(C)(=N)=O)C2)sn1. The molecule has 1 N–H and O–H groups in total. The molecule has 2 rings (SSSR count). The van der Waals surface area contributed by atoms with E-state index in [-0.39, 0.29) is 11.2 Å². The number of nitrogens with one attached hydrogen (secondary N) is 1. The van der Waals surface area contributed by atoms with Gasteiger partial charge in [0.15, 0.2) is 0 Å².